The molecule has 0 aliphatic heterocycles. The number of hydrogen-bond acceptors (Lipinski definition) is 5. The van der Waals surface area contributed by atoms with Crippen molar-refractivity contribution in [1.29, 1.82) is 0 Å². The molecule has 0 unspecified atom stereocenters. The molecule has 0 radical (unpaired) electrons. The molecule has 0 saturated heterocycles. The van der Waals surface area contributed by atoms with Crippen LogP contribution in [0, 0.1) is 0 Å². The normalized spacial score (nSPS) is 11.3. The summed E-state index contributed by atoms with van der Waals surface area (Å²) in [6.45, 7) is -0.0133. The molecule has 1 amide bonds. The van der Waals surface area contributed by atoms with Crippen LogP contribution in [0.5, 0.6) is 0 Å². The van der Waals surface area contributed by atoms with E-state index >= 15 is 0 Å². The average Bonchev–Trinajstić information content (AvgIpc) is 2.54. The van der Waals surface area contributed by atoms with Crippen LogP contribution in [0.3, 0.4) is 0 Å². The van der Waals surface area contributed by atoms with Crippen molar-refractivity contribution in [2.45, 2.75) is 18.0 Å². The first-order valence-electron chi connectivity index (χ1n) is 6.85. The number of aliphatic hydroxyl groups excluding tert-OH is 1. The number of amides is 1. The average molecular weight is 370 g/mol. The van der Waals surface area contributed by atoms with Gasteiger partial charge in [0, 0.05) is 17.1 Å². The van der Waals surface area contributed by atoms with Gasteiger partial charge in [-0.25, -0.2) is 19.0 Å². The summed E-state index contributed by atoms with van der Waals surface area (Å²) in [5.74, 6) is -0.442. The number of hydrogen-bond donors (Lipinski definition) is 4. The predicted molar refractivity (Wildman–Crippen MR) is 89.5 cm³/mol. The topological polar surface area (TPSA) is 122 Å². The van der Waals surface area contributed by atoms with E-state index in [1.165, 1.54) is 18.2 Å². The van der Waals surface area contributed by atoms with Crippen LogP contribution in [0.1, 0.15) is 21.5 Å². The van der Waals surface area contributed by atoms with E-state index in [9.17, 15) is 18.3 Å². The molecule has 5 N–H and O–H groups in total. The Morgan fingerprint density at radius 2 is 1.83 bits per heavy atom. The minimum atomic E-state index is -3.73. The Bertz CT molecular complexity index is 838. The summed E-state index contributed by atoms with van der Waals surface area (Å²) in [6.07, 6.45) is 0. The summed E-state index contributed by atoms with van der Waals surface area (Å²) in [7, 11) is -3.73. The zero-order valence-corrected chi connectivity index (χ0v) is 14.1. The van der Waals surface area contributed by atoms with Crippen LogP contribution < -0.4 is 16.0 Å². The Morgan fingerprint density at radius 3 is 2.42 bits per heavy atom. The number of rotatable bonds is 6. The van der Waals surface area contributed by atoms with Gasteiger partial charge in [0.2, 0.25) is 10.0 Å². The summed E-state index contributed by atoms with van der Waals surface area (Å²) in [5, 5.41) is 14.7. The maximum Gasteiger partial charge on any atom is 0.265 e. The standard InChI is InChI=1S/C15H16ClN3O4S/c16-12-4-3-11(9-20)14(7-12)15(21)19-18-8-10-1-5-13(6-2-10)24(17,22)23/h1-7,18,20H,8-9H2,(H,19,21)(H2,17,22,23). The molecule has 0 spiro atoms. The molecule has 24 heavy (non-hydrogen) atoms. The van der Waals surface area contributed by atoms with E-state index in [4.69, 9.17) is 16.7 Å². The van der Waals surface area contributed by atoms with E-state index in [0.29, 0.717) is 10.6 Å². The molecule has 2 rings (SSSR count). The van der Waals surface area contributed by atoms with E-state index in [2.05, 4.69) is 10.9 Å². The first kappa shape index (κ1) is 18.4. The van der Waals surface area contributed by atoms with E-state index in [1.54, 1.807) is 24.3 Å². The summed E-state index contributed by atoms with van der Waals surface area (Å²) in [6, 6.07) is 10.6. The van der Waals surface area contributed by atoms with Gasteiger partial charge in [0.15, 0.2) is 0 Å². The number of nitrogens with one attached hydrogen (secondary N) is 2. The second kappa shape index (κ2) is 7.73. The Balaban J connectivity index is 1.97. The molecular formula is C15H16ClN3O4S. The molecule has 7 nitrogen and oxygen atoms in total. The molecule has 0 aromatic heterocycles. The number of sulfonamides is 1. The van der Waals surface area contributed by atoms with Crippen LogP contribution in [-0.2, 0) is 23.2 Å². The molecule has 0 aliphatic carbocycles. The number of hydrazine groups is 1. The number of carbonyl (C=O) groups excluding carboxylic acids is 1. The number of carbonyl (C=O) groups is 1. The third-order valence-electron chi connectivity index (χ3n) is 3.23. The van der Waals surface area contributed by atoms with Crippen LogP contribution in [0.15, 0.2) is 47.4 Å². The van der Waals surface area contributed by atoms with Crippen molar-refractivity contribution in [2.24, 2.45) is 5.14 Å². The molecule has 0 heterocycles. The largest absolute Gasteiger partial charge is 0.392 e. The van der Waals surface area contributed by atoms with E-state index in [0.717, 1.165) is 5.56 Å². The smallest absolute Gasteiger partial charge is 0.265 e. The SMILES string of the molecule is NS(=O)(=O)c1ccc(CNNC(=O)c2cc(Cl)ccc2CO)cc1. The van der Waals surface area contributed by atoms with Crippen LogP contribution >= 0.6 is 11.6 Å². The van der Waals surface area contributed by atoms with Gasteiger partial charge < -0.3 is 5.11 Å². The number of benzene rings is 2. The van der Waals surface area contributed by atoms with Gasteiger partial charge >= 0.3 is 0 Å². The quantitative estimate of drug-likeness (QED) is 0.564. The molecule has 2 aromatic carbocycles. The Morgan fingerprint density at radius 1 is 1.17 bits per heavy atom. The van der Waals surface area contributed by atoms with Crippen molar-refractivity contribution in [1.82, 2.24) is 10.9 Å². The molecule has 2 aromatic rings. The lowest BCUT2D eigenvalue weighted by atomic mass is 10.1. The fraction of sp³-hybridized carbons (Fsp3) is 0.133. The zero-order chi connectivity index (χ0) is 17.7. The fourth-order valence-electron chi connectivity index (χ4n) is 1.99. The Hall–Kier alpha value is -1.97. The van der Waals surface area contributed by atoms with Crippen molar-refractivity contribution in [3.05, 3.63) is 64.2 Å². The minimum absolute atomic E-state index is 0.0156. The monoisotopic (exact) mass is 369 g/mol. The predicted octanol–water partition coefficient (Wildman–Crippen LogP) is 0.914. The lowest BCUT2D eigenvalue weighted by Gasteiger charge is -2.10. The van der Waals surface area contributed by atoms with Crippen molar-refractivity contribution >= 4 is 27.5 Å². The van der Waals surface area contributed by atoms with Crippen LogP contribution in [-0.4, -0.2) is 19.4 Å². The van der Waals surface area contributed by atoms with Gasteiger partial charge in [-0.15, -0.1) is 0 Å². The molecule has 0 fully saturated rings. The maximum absolute atomic E-state index is 12.1. The van der Waals surface area contributed by atoms with Gasteiger partial charge in [0.1, 0.15) is 0 Å². The van der Waals surface area contributed by atoms with Crippen molar-refractivity contribution < 1.29 is 18.3 Å². The molecule has 9 heteroatoms. The third kappa shape index (κ3) is 4.76. The summed E-state index contributed by atoms with van der Waals surface area (Å²) < 4.78 is 22.3. The molecule has 0 bridgehead atoms. The Kier molecular flexibility index (Phi) is 5.92. The highest BCUT2D eigenvalue weighted by Crippen LogP contribution is 2.16. The van der Waals surface area contributed by atoms with Crippen molar-refractivity contribution in [3.63, 3.8) is 0 Å². The van der Waals surface area contributed by atoms with E-state index in [1.807, 2.05) is 0 Å². The van der Waals surface area contributed by atoms with Gasteiger partial charge in [-0.2, -0.15) is 0 Å². The molecule has 0 saturated carbocycles. The highest BCUT2D eigenvalue weighted by molar-refractivity contribution is 7.89. The van der Waals surface area contributed by atoms with Crippen LogP contribution in [0.4, 0.5) is 0 Å². The second-order valence-corrected chi connectivity index (χ2v) is 6.95. The number of nitrogens with two attached hydrogens (primary N) is 1. The van der Waals surface area contributed by atoms with Gasteiger partial charge in [0.25, 0.3) is 5.91 Å². The molecule has 128 valence electrons. The van der Waals surface area contributed by atoms with Gasteiger partial charge in [-0.3, -0.25) is 10.2 Å². The van der Waals surface area contributed by atoms with Gasteiger partial charge in [0.05, 0.1) is 11.5 Å². The highest BCUT2D eigenvalue weighted by Gasteiger charge is 2.11. The lowest BCUT2D eigenvalue weighted by Crippen LogP contribution is -2.37. The fourth-order valence-corrected chi connectivity index (χ4v) is 2.68. The van der Waals surface area contributed by atoms with Crippen molar-refractivity contribution in [2.75, 3.05) is 0 Å². The Labute approximate surface area is 144 Å². The van der Waals surface area contributed by atoms with Gasteiger partial charge in [-0.05, 0) is 35.4 Å². The summed E-state index contributed by atoms with van der Waals surface area (Å²) in [5.41, 5.74) is 6.68. The first-order valence-corrected chi connectivity index (χ1v) is 8.78. The van der Waals surface area contributed by atoms with E-state index in [-0.39, 0.29) is 23.6 Å². The summed E-state index contributed by atoms with van der Waals surface area (Å²) in [4.78, 5) is 12.1. The molecule has 0 aliphatic rings. The second-order valence-electron chi connectivity index (χ2n) is 4.96. The summed E-state index contributed by atoms with van der Waals surface area (Å²) >= 11 is 5.86. The number of primary sulfonamides is 1. The van der Waals surface area contributed by atoms with E-state index < -0.39 is 15.9 Å². The lowest BCUT2D eigenvalue weighted by molar-refractivity contribution is 0.0929. The first-order chi connectivity index (χ1) is 11.3. The minimum Gasteiger partial charge on any atom is -0.392 e. The third-order valence-corrected chi connectivity index (χ3v) is 4.40. The zero-order valence-electron chi connectivity index (χ0n) is 12.5. The number of aliphatic hydroxyl groups is 1. The van der Waals surface area contributed by atoms with Crippen LogP contribution in [0.25, 0.3) is 0 Å². The number of halogens is 1. The molecule has 0 atom stereocenters. The maximum atomic E-state index is 12.1. The molecular weight excluding hydrogens is 354 g/mol. The van der Waals surface area contributed by atoms with Crippen LogP contribution in [0.2, 0.25) is 5.02 Å². The highest BCUT2D eigenvalue weighted by atomic mass is 35.5. The van der Waals surface area contributed by atoms with Gasteiger partial charge in [-0.1, -0.05) is 29.8 Å². The van der Waals surface area contributed by atoms with Crippen molar-refractivity contribution in [3.8, 4) is 0 Å².